The number of aromatic nitrogens is 2. The van der Waals surface area contributed by atoms with Gasteiger partial charge in [-0.3, -0.25) is 4.79 Å². The van der Waals surface area contributed by atoms with Crippen molar-refractivity contribution in [2.24, 2.45) is 0 Å². The van der Waals surface area contributed by atoms with Crippen molar-refractivity contribution in [1.29, 1.82) is 0 Å². The summed E-state index contributed by atoms with van der Waals surface area (Å²) in [7, 11) is 1.63. The van der Waals surface area contributed by atoms with Crippen molar-refractivity contribution in [2.75, 3.05) is 7.11 Å². The van der Waals surface area contributed by atoms with E-state index in [2.05, 4.69) is 21.5 Å². The lowest BCUT2D eigenvalue weighted by Crippen LogP contribution is -2.51. The number of carboxylic acids is 1. The monoisotopic (exact) mass is 517 g/mol. The molecule has 0 radical (unpaired) electrons. The minimum atomic E-state index is -1.51. The SMILES string of the molecule is CCC(C)(NC(=O)c1ccc(-c2noc(-c3ccc(-c4ccccc4C)c(COC)c3)n2)cc1F)C(=O)O. The van der Waals surface area contributed by atoms with Crippen molar-refractivity contribution in [3.05, 3.63) is 83.2 Å². The molecule has 0 aliphatic carbocycles. The lowest BCUT2D eigenvalue weighted by Gasteiger charge is -2.24. The highest BCUT2D eigenvalue weighted by atomic mass is 19.1. The van der Waals surface area contributed by atoms with Crippen molar-refractivity contribution in [1.82, 2.24) is 15.5 Å². The van der Waals surface area contributed by atoms with Crippen LogP contribution in [0.2, 0.25) is 0 Å². The van der Waals surface area contributed by atoms with Gasteiger partial charge in [-0.15, -0.1) is 0 Å². The predicted molar refractivity (Wildman–Crippen MR) is 140 cm³/mol. The van der Waals surface area contributed by atoms with Gasteiger partial charge < -0.3 is 19.7 Å². The van der Waals surface area contributed by atoms with Gasteiger partial charge in [0.05, 0.1) is 12.2 Å². The van der Waals surface area contributed by atoms with Crippen LogP contribution in [0.15, 0.2) is 65.2 Å². The van der Waals surface area contributed by atoms with Gasteiger partial charge in [0.2, 0.25) is 5.82 Å². The second-order valence-electron chi connectivity index (χ2n) is 9.18. The summed E-state index contributed by atoms with van der Waals surface area (Å²) in [5.74, 6) is -2.47. The summed E-state index contributed by atoms with van der Waals surface area (Å²) in [5.41, 5.74) is 3.40. The molecular formula is C29H28FN3O5. The number of rotatable bonds is 9. The Balaban J connectivity index is 1.61. The number of aryl methyl sites for hydroxylation is 1. The molecule has 4 rings (SSSR count). The number of carbonyl (C=O) groups is 2. The van der Waals surface area contributed by atoms with Crippen molar-refractivity contribution in [3.8, 4) is 34.0 Å². The number of aliphatic carboxylic acids is 1. The third kappa shape index (κ3) is 5.33. The van der Waals surface area contributed by atoms with E-state index in [1.807, 2.05) is 43.3 Å². The molecule has 0 saturated carbocycles. The van der Waals surface area contributed by atoms with Crippen molar-refractivity contribution < 1.29 is 28.3 Å². The fraction of sp³-hybridized carbons (Fsp3) is 0.241. The molecule has 0 fully saturated rings. The van der Waals surface area contributed by atoms with Crippen molar-refractivity contribution in [2.45, 2.75) is 39.3 Å². The Morgan fingerprint density at radius 1 is 1.08 bits per heavy atom. The van der Waals surface area contributed by atoms with Gasteiger partial charge in [-0.25, -0.2) is 9.18 Å². The third-order valence-corrected chi connectivity index (χ3v) is 6.55. The van der Waals surface area contributed by atoms with E-state index in [1.54, 1.807) is 14.0 Å². The number of hydrogen-bond acceptors (Lipinski definition) is 6. The van der Waals surface area contributed by atoms with Crippen LogP contribution in [0.25, 0.3) is 34.0 Å². The maximum absolute atomic E-state index is 14.9. The molecule has 3 aromatic carbocycles. The van der Waals surface area contributed by atoms with Crippen LogP contribution in [0.4, 0.5) is 4.39 Å². The second kappa shape index (κ2) is 10.9. The van der Waals surface area contributed by atoms with E-state index in [9.17, 15) is 19.1 Å². The maximum atomic E-state index is 14.9. The molecule has 8 nitrogen and oxygen atoms in total. The standard InChI is InChI=1S/C29H28FN3O5/c1-5-29(3,28(35)36)32-26(34)23-13-10-18(15-24(23)30)25-31-27(38-33-25)19-11-12-22(20(14-19)16-37-4)21-9-7-6-8-17(21)2/h6-15H,5,16H2,1-4H3,(H,32,34)(H,35,36). The maximum Gasteiger partial charge on any atom is 0.329 e. The van der Waals surface area contributed by atoms with Crippen LogP contribution in [0.5, 0.6) is 0 Å². The molecular weight excluding hydrogens is 489 g/mol. The summed E-state index contributed by atoms with van der Waals surface area (Å²) < 4.78 is 25.7. The molecule has 9 heteroatoms. The molecule has 4 aromatic rings. The highest BCUT2D eigenvalue weighted by molar-refractivity contribution is 5.98. The number of hydrogen-bond donors (Lipinski definition) is 2. The zero-order valence-electron chi connectivity index (χ0n) is 21.5. The Morgan fingerprint density at radius 3 is 2.47 bits per heavy atom. The average molecular weight is 518 g/mol. The van der Waals surface area contributed by atoms with E-state index in [1.165, 1.54) is 19.1 Å². The summed E-state index contributed by atoms with van der Waals surface area (Å²) >= 11 is 0. The smallest absolute Gasteiger partial charge is 0.329 e. The van der Waals surface area contributed by atoms with Crippen LogP contribution in [0, 0.1) is 12.7 Å². The fourth-order valence-electron chi connectivity index (χ4n) is 4.05. The summed E-state index contributed by atoms with van der Waals surface area (Å²) in [6, 6.07) is 17.7. The van der Waals surface area contributed by atoms with Crippen molar-refractivity contribution in [3.63, 3.8) is 0 Å². The van der Waals surface area contributed by atoms with Crippen LogP contribution in [-0.4, -0.2) is 39.8 Å². The normalized spacial score (nSPS) is 12.7. The number of carbonyl (C=O) groups excluding carboxylic acids is 1. The van der Waals surface area contributed by atoms with E-state index in [0.29, 0.717) is 17.7 Å². The number of halogens is 1. The number of amides is 1. The third-order valence-electron chi connectivity index (χ3n) is 6.55. The summed E-state index contributed by atoms with van der Waals surface area (Å²) in [6.45, 7) is 5.42. The van der Waals surface area contributed by atoms with Gasteiger partial charge in [0.1, 0.15) is 11.4 Å². The molecule has 0 spiro atoms. The first-order chi connectivity index (χ1) is 18.2. The number of nitrogens with one attached hydrogen (secondary N) is 1. The topological polar surface area (TPSA) is 115 Å². The van der Waals surface area contributed by atoms with Gasteiger partial charge in [-0.2, -0.15) is 4.98 Å². The van der Waals surface area contributed by atoms with Crippen LogP contribution >= 0.6 is 0 Å². The van der Waals surface area contributed by atoms with E-state index in [-0.39, 0.29) is 23.7 Å². The van der Waals surface area contributed by atoms with E-state index in [4.69, 9.17) is 9.26 Å². The molecule has 1 amide bonds. The van der Waals surface area contributed by atoms with Crippen LogP contribution in [0.1, 0.15) is 41.8 Å². The molecule has 0 aliphatic rings. The summed E-state index contributed by atoms with van der Waals surface area (Å²) in [4.78, 5) is 28.4. The molecule has 0 bridgehead atoms. The van der Waals surface area contributed by atoms with Crippen molar-refractivity contribution >= 4 is 11.9 Å². The number of carboxylic acid groups (broad SMARTS) is 1. The Kier molecular flexibility index (Phi) is 7.68. The van der Waals surface area contributed by atoms with Crippen LogP contribution in [0.3, 0.4) is 0 Å². The highest BCUT2D eigenvalue weighted by Crippen LogP contribution is 2.32. The number of methoxy groups -OCH3 is 1. The molecule has 0 saturated heterocycles. The first-order valence-electron chi connectivity index (χ1n) is 12.0. The first-order valence-corrected chi connectivity index (χ1v) is 12.0. The highest BCUT2D eigenvalue weighted by Gasteiger charge is 2.33. The minimum absolute atomic E-state index is 0.136. The average Bonchev–Trinajstić information content (AvgIpc) is 3.39. The fourth-order valence-corrected chi connectivity index (χ4v) is 4.05. The van der Waals surface area contributed by atoms with E-state index in [0.717, 1.165) is 28.3 Å². The molecule has 1 aromatic heterocycles. The Morgan fingerprint density at radius 2 is 1.82 bits per heavy atom. The zero-order chi connectivity index (χ0) is 27.4. The van der Waals surface area contributed by atoms with E-state index >= 15 is 0 Å². The minimum Gasteiger partial charge on any atom is -0.480 e. The van der Waals surface area contributed by atoms with Gasteiger partial charge in [0.25, 0.3) is 11.8 Å². The van der Waals surface area contributed by atoms with Crippen LogP contribution < -0.4 is 5.32 Å². The Hall–Kier alpha value is -4.37. The van der Waals surface area contributed by atoms with Gasteiger partial charge in [-0.1, -0.05) is 48.5 Å². The quantitative estimate of drug-likeness (QED) is 0.295. The molecule has 1 atom stereocenters. The first kappa shape index (κ1) is 26.7. The lowest BCUT2D eigenvalue weighted by atomic mass is 9.94. The number of nitrogens with zero attached hydrogens (tertiary/aromatic N) is 2. The van der Waals surface area contributed by atoms with Gasteiger partial charge >= 0.3 is 5.97 Å². The largest absolute Gasteiger partial charge is 0.480 e. The molecule has 196 valence electrons. The van der Waals surface area contributed by atoms with Gasteiger partial charge in [-0.05, 0) is 66.8 Å². The Labute approximate surface area is 219 Å². The van der Waals surface area contributed by atoms with Gasteiger partial charge in [0, 0.05) is 18.2 Å². The Bertz CT molecular complexity index is 1500. The molecule has 1 unspecified atom stereocenters. The van der Waals surface area contributed by atoms with Gasteiger partial charge in [0.15, 0.2) is 0 Å². The zero-order valence-corrected chi connectivity index (χ0v) is 21.5. The van der Waals surface area contributed by atoms with Crippen LogP contribution in [-0.2, 0) is 16.1 Å². The second-order valence-corrected chi connectivity index (χ2v) is 9.18. The summed E-state index contributed by atoms with van der Waals surface area (Å²) in [6.07, 6.45) is 0.136. The molecule has 2 N–H and O–H groups in total. The van der Waals surface area contributed by atoms with E-state index < -0.39 is 23.2 Å². The lowest BCUT2D eigenvalue weighted by molar-refractivity contribution is -0.143. The summed E-state index contributed by atoms with van der Waals surface area (Å²) in [5, 5.41) is 15.7. The molecule has 0 aliphatic heterocycles. The molecule has 1 heterocycles. The molecule has 38 heavy (non-hydrogen) atoms. The predicted octanol–water partition coefficient (Wildman–Crippen LogP) is 5.65. The number of ether oxygens (including phenoxy) is 1. The number of benzene rings is 3.